The number of carboxylic acids is 1. The number of nitrogens with two attached hydrogens (primary N) is 1. The monoisotopic (exact) mass is 235 g/mol. The average molecular weight is 235 g/mol. The molecule has 1 saturated heterocycles. The van der Waals surface area contributed by atoms with Crippen LogP contribution in [0.4, 0.5) is 0 Å². The summed E-state index contributed by atoms with van der Waals surface area (Å²) in [5, 5.41) is 8.66. The third kappa shape index (κ3) is 3.28. The minimum Gasteiger partial charge on any atom is -0.481 e. The summed E-state index contributed by atoms with van der Waals surface area (Å²) >= 11 is 0. The summed E-state index contributed by atoms with van der Waals surface area (Å²) in [7, 11) is 0. The quantitative estimate of drug-likeness (QED) is 0.808. The van der Waals surface area contributed by atoms with Crippen molar-refractivity contribution in [2.24, 2.45) is 11.7 Å². The highest BCUT2D eigenvalue weighted by Crippen LogP contribution is 2.19. The SMILES string of the molecule is NC(CC(=O)O)c1ccc(CC2COC2)cc1. The Bertz CT molecular complexity index is 384. The molecular formula is C13H17NO3. The molecule has 1 aromatic rings. The summed E-state index contributed by atoms with van der Waals surface area (Å²) in [5.74, 6) is -0.235. The molecule has 0 radical (unpaired) electrons. The first-order valence-corrected chi connectivity index (χ1v) is 5.79. The Morgan fingerprint density at radius 3 is 2.53 bits per heavy atom. The zero-order chi connectivity index (χ0) is 12.3. The summed E-state index contributed by atoms with van der Waals surface area (Å²) in [5.41, 5.74) is 7.91. The van der Waals surface area contributed by atoms with Crippen LogP contribution in [0, 0.1) is 5.92 Å². The number of carbonyl (C=O) groups is 1. The number of rotatable bonds is 5. The molecule has 1 heterocycles. The van der Waals surface area contributed by atoms with Crippen molar-refractivity contribution in [1.82, 2.24) is 0 Å². The van der Waals surface area contributed by atoms with Crippen molar-refractivity contribution in [2.75, 3.05) is 13.2 Å². The van der Waals surface area contributed by atoms with Gasteiger partial charge in [-0.2, -0.15) is 0 Å². The molecule has 0 saturated carbocycles. The van der Waals surface area contributed by atoms with E-state index in [2.05, 4.69) is 0 Å². The molecule has 3 N–H and O–H groups in total. The maximum Gasteiger partial charge on any atom is 0.305 e. The van der Waals surface area contributed by atoms with Gasteiger partial charge in [-0.15, -0.1) is 0 Å². The van der Waals surface area contributed by atoms with Crippen molar-refractivity contribution < 1.29 is 14.6 Å². The van der Waals surface area contributed by atoms with E-state index in [0.29, 0.717) is 5.92 Å². The molecule has 0 aliphatic carbocycles. The number of hydrogen-bond donors (Lipinski definition) is 2. The van der Waals surface area contributed by atoms with Crippen LogP contribution in [-0.4, -0.2) is 24.3 Å². The van der Waals surface area contributed by atoms with Gasteiger partial charge in [0.05, 0.1) is 19.6 Å². The van der Waals surface area contributed by atoms with Gasteiger partial charge in [-0.1, -0.05) is 24.3 Å². The van der Waals surface area contributed by atoms with Crippen LogP contribution >= 0.6 is 0 Å². The third-order valence-corrected chi connectivity index (χ3v) is 3.03. The topological polar surface area (TPSA) is 72.6 Å². The first-order chi connectivity index (χ1) is 8.15. The molecular weight excluding hydrogens is 218 g/mol. The van der Waals surface area contributed by atoms with Crippen LogP contribution in [-0.2, 0) is 16.0 Å². The van der Waals surface area contributed by atoms with Gasteiger partial charge in [0.1, 0.15) is 0 Å². The molecule has 0 amide bonds. The number of benzene rings is 1. The molecule has 1 aliphatic rings. The lowest BCUT2D eigenvalue weighted by atomic mass is 9.96. The standard InChI is InChI=1S/C13H17NO3/c14-12(6-13(15)16)11-3-1-9(2-4-11)5-10-7-17-8-10/h1-4,10,12H,5-8,14H2,(H,15,16). The lowest BCUT2D eigenvalue weighted by Gasteiger charge is -2.26. The van der Waals surface area contributed by atoms with E-state index in [1.165, 1.54) is 5.56 Å². The smallest absolute Gasteiger partial charge is 0.305 e. The zero-order valence-corrected chi connectivity index (χ0v) is 9.63. The first-order valence-electron chi connectivity index (χ1n) is 5.79. The molecule has 17 heavy (non-hydrogen) atoms. The maximum atomic E-state index is 10.5. The van der Waals surface area contributed by atoms with Crippen LogP contribution in [0.3, 0.4) is 0 Å². The zero-order valence-electron chi connectivity index (χ0n) is 9.63. The molecule has 1 atom stereocenters. The van der Waals surface area contributed by atoms with Crippen molar-refractivity contribution >= 4 is 5.97 Å². The first kappa shape index (κ1) is 12.1. The molecule has 1 aromatic carbocycles. The van der Waals surface area contributed by atoms with Crippen LogP contribution in [0.1, 0.15) is 23.6 Å². The fourth-order valence-corrected chi connectivity index (χ4v) is 1.94. The van der Waals surface area contributed by atoms with Crippen LogP contribution in [0.15, 0.2) is 24.3 Å². The Hall–Kier alpha value is -1.39. The number of hydrogen-bond acceptors (Lipinski definition) is 3. The van der Waals surface area contributed by atoms with Crippen molar-refractivity contribution in [3.05, 3.63) is 35.4 Å². The van der Waals surface area contributed by atoms with Crippen LogP contribution in [0.25, 0.3) is 0 Å². The average Bonchev–Trinajstić information content (AvgIpc) is 2.23. The largest absolute Gasteiger partial charge is 0.481 e. The predicted octanol–water partition coefficient (Wildman–Crippen LogP) is 1.35. The van der Waals surface area contributed by atoms with Crippen molar-refractivity contribution in [3.8, 4) is 0 Å². The van der Waals surface area contributed by atoms with Gasteiger partial charge < -0.3 is 15.6 Å². The summed E-state index contributed by atoms with van der Waals surface area (Å²) < 4.78 is 5.13. The molecule has 1 aliphatic heterocycles. The minimum absolute atomic E-state index is 0.0319. The Balaban J connectivity index is 1.94. The Labute approximate surface area is 100 Å². The van der Waals surface area contributed by atoms with Crippen LogP contribution in [0.5, 0.6) is 0 Å². The van der Waals surface area contributed by atoms with Gasteiger partial charge in [0.15, 0.2) is 0 Å². The molecule has 2 rings (SSSR count). The van der Waals surface area contributed by atoms with Gasteiger partial charge in [-0.3, -0.25) is 4.79 Å². The molecule has 1 fully saturated rings. The lowest BCUT2D eigenvalue weighted by Crippen LogP contribution is -2.29. The summed E-state index contributed by atoms with van der Waals surface area (Å²) in [6, 6.07) is 7.46. The number of carboxylic acid groups (broad SMARTS) is 1. The van der Waals surface area contributed by atoms with E-state index < -0.39 is 12.0 Å². The second-order valence-corrected chi connectivity index (χ2v) is 4.55. The van der Waals surface area contributed by atoms with Gasteiger partial charge in [0, 0.05) is 12.0 Å². The number of aliphatic carboxylic acids is 1. The van der Waals surface area contributed by atoms with Crippen LogP contribution in [0.2, 0.25) is 0 Å². The van der Waals surface area contributed by atoms with Crippen molar-refractivity contribution in [1.29, 1.82) is 0 Å². The van der Waals surface area contributed by atoms with Gasteiger partial charge in [0.2, 0.25) is 0 Å². The van der Waals surface area contributed by atoms with E-state index in [0.717, 1.165) is 25.2 Å². The fourth-order valence-electron chi connectivity index (χ4n) is 1.94. The van der Waals surface area contributed by atoms with E-state index in [-0.39, 0.29) is 6.42 Å². The molecule has 4 heteroatoms. The predicted molar refractivity (Wildman–Crippen MR) is 63.6 cm³/mol. The molecule has 0 aromatic heterocycles. The van der Waals surface area contributed by atoms with Crippen molar-refractivity contribution in [3.63, 3.8) is 0 Å². The maximum absolute atomic E-state index is 10.5. The molecule has 92 valence electrons. The van der Waals surface area contributed by atoms with E-state index in [4.69, 9.17) is 15.6 Å². The van der Waals surface area contributed by atoms with Gasteiger partial charge in [0.25, 0.3) is 0 Å². The highest BCUT2D eigenvalue weighted by atomic mass is 16.5. The Morgan fingerprint density at radius 2 is 2.06 bits per heavy atom. The van der Waals surface area contributed by atoms with Gasteiger partial charge in [-0.05, 0) is 17.5 Å². The minimum atomic E-state index is -0.867. The normalized spacial score (nSPS) is 17.5. The Kier molecular flexibility index (Phi) is 3.76. The molecule has 4 nitrogen and oxygen atoms in total. The highest BCUT2D eigenvalue weighted by Gasteiger charge is 2.18. The van der Waals surface area contributed by atoms with Gasteiger partial charge >= 0.3 is 5.97 Å². The molecule has 0 bridgehead atoms. The third-order valence-electron chi connectivity index (χ3n) is 3.03. The Morgan fingerprint density at radius 1 is 1.41 bits per heavy atom. The van der Waals surface area contributed by atoms with Crippen molar-refractivity contribution in [2.45, 2.75) is 18.9 Å². The highest BCUT2D eigenvalue weighted by molar-refractivity contribution is 5.67. The van der Waals surface area contributed by atoms with Crippen LogP contribution < -0.4 is 5.73 Å². The van der Waals surface area contributed by atoms with E-state index in [1.807, 2.05) is 24.3 Å². The van der Waals surface area contributed by atoms with E-state index in [1.54, 1.807) is 0 Å². The molecule has 0 spiro atoms. The summed E-state index contributed by atoms with van der Waals surface area (Å²) in [6.45, 7) is 1.69. The second-order valence-electron chi connectivity index (χ2n) is 4.55. The second kappa shape index (κ2) is 5.29. The number of ether oxygens (including phenoxy) is 1. The molecule has 1 unspecified atom stereocenters. The lowest BCUT2D eigenvalue weighted by molar-refractivity contribution is -0.137. The summed E-state index contributed by atoms with van der Waals surface area (Å²) in [6.07, 6.45) is 0.990. The van der Waals surface area contributed by atoms with E-state index in [9.17, 15) is 4.79 Å². The van der Waals surface area contributed by atoms with Gasteiger partial charge in [-0.25, -0.2) is 0 Å². The summed E-state index contributed by atoms with van der Waals surface area (Å²) in [4.78, 5) is 10.5. The fraction of sp³-hybridized carbons (Fsp3) is 0.462. The van der Waals surface area contributed by atoms with E-state index >= 15 is 0 Å².